The van der Waals surface area contributed by atoms with E-state index in [2.05, 4.69) is 22.7 Å². The van der Waals surface area contributed by atoms with Crippen molar-refractivity contribution in [3.8, 4) is 33.2 Å². The average Bonchev–Trinajstić information content (AvgIpc) is 3.38. The molecule has 1 aromatic heterocycles. The second-order valence-electron chi connectivity index (χ2n) is 8.35. The zero-order valence-electron chi connectivity index (χ0n) is 20.8. The first-order valence-corrected chi connectivity index (χ1v) is 13.4. The van der Waals surface area contributed by atoms with Gasteiger partial charge >= 0.3 is 0 Å². The normalized spacial score (nSPS) is 11.0. The fourth-order valence-electron chi connectivity index (χ4n) is 3.85. The highest BCUT2D eigenvalue weighted by molar-refractivity contribution is 7.19. The third-order valence-electron chi connectivity index (χ3n) is 5.66. The highest BCUT2D eigenvalue weighted by atomic mass is 35.5. The van der Waals surface area contributed by atoms with Crippen LogP contribution < -0.4 is 14.9 Å². The lowest BCUT2D eigenvalue weighted by Gasteiger charge is -2.12. The third kappa shape index (κ3) is 6.40. The van der Waals surface area contributed by atoms with Gasteiger partial charge < -0.3 is 9.47 Å². The molecule has 0 aliphatic rings. The SMILES string of the molecule is CCOc1cc(/C=N/Nc2nc(-c3ccccc3)c(-c3ccc(Cl)cc3)s2)ccc1OCc1ccccc1. The molecule has 0 saturated heterocycles. The molecule has 0 atom stereocenters. The Balaban J connectivity index is 1.34. The van der Waals surface area contributed by atoms with Crippen molar-refractivity contribution in [2.24, 2.45) is 5.10 Å². The molecular formula is C31H26ClN3O2S. The van der Waals surface area contributed by atoms with Gasteiger partial charge in [0.2, 0.25) is 5.13 Å². The van der Waals surface area contributed by atoms with Crippen LogP contribution in [0.1, 0.15) is 18.1 Å². The predicted octanol–water partition coefficient (Wildman–Crippen LogP) is 8.55. The Bertz CT molecular complexity index is 1500. The van der Waals surface area contributed by atoms with Gasteiger partial charge in [-0.3, -0.25) is 5.43 Å². The van der Waals surface area contributed by atoms with Crippen LogP contribution in [0.4, 0.5) is 5.13 Å². The van der Waals surface area contributed by atoms with Crippen molar-refractivity contribution in [3.05, 3.63) is 119 Å². The summed E-state index contributed by atoms with van der Waals surface area (Å²) in [6.07, 6.45) is 1.75. The molecule has 0 unspecified atom stereocenters. The van der Waals surface area contributed by atoms with Gasteiger partial charge in [0.15, 0.2) is 11.5 Å². The van der Waals surface area contributed by atoms with Crippen LogP contribution >= 0.6 is 22.9 Å². The van der Waals surface area contributed by atoms with Crippen molar-refractivity contribution in [3.63, 3.8) is 0 Å². The number of hydrogen-bond acceptors (Lipinski definition) is 6. The van der Waals surface area contributed by atoms with E-state index in [1.54, 1.807) is 17.6 Å². The topological polar surface area (TPSA) is 55.7 Å². The second-order valence-corrected chi connectivity index (χ2v) is 9.79. The Labute approximate surface area is 231 Å². The molecule has 0 aliphatic carbocycles. The van der Waals surface area contributed by atoms with E-state index in [4.69, 9.17) is 26.1 Å². The molecule has 0 aliphatic heterocycles. The van der Waals surface area contributed by atoms with E-state index in [0.29, 0.717) is 34.9 Å². The van der Waals surface area contributed by atoms with E-state index in [1.807, 2.05) is 97.9 Å². The molecule has 5 rings (SSSR count). The number of ether oxygens (including phenoxy) is 2. The number of halogens is 1. The maximum absolute atomic E-state index is 6.11. The molecule has 4 aromatic carbocycles. The minimum absolute atomic E-state index is 0.472. The van der Waals surface area contributed by atoms with Crippen LogP contribution in [0.3, 0.4) is 0 Å². The van der Waals surface area contributed by atoms with Crippen molar-refractivity contribution in [2.75, 3.05) is 12.0 Å². The van der Waals surface area contributed by atoms with Gasteiger partial charge in [0.25, 0.3) is 0 Å². The summed E-state index contributed by atoms with van der Waals surface area (Å²) < 4.78 is 11.8. The van der Waals surface area contributed by atoms with Crippen LogP contribution in [0.25, 0.3) is 21.7 Å². The molecule has 38 heavy (non-hydrogen) atoms. The van der Waals surface area contributed by atoms with Gasteiger partial charge in [0.1, 0.15) is 6.61 Å². The highest BCUT2D eigenvalue weighted by Gasteiger charge is 2.15. The van der Waals surface area contributed by atoms with E-state index in [-0.39, 0.29) is 0 Å². The molecule has 0 saturated carbocycles. The minimum atomic E-state index is 0.472. The molecule has 0 bridgehead atoms. The van der Waals surface area contributed by atoms with Crippen LogP contribution in [0.2, 0.25) is 5.02 Å². The van der Waals surface area contributed by atoms with Gasteiger partial charge in [-0.25, -0.2) is 4.98 Å². The lowest BCUT2D eigenvalue weighted by molar-refractivity contribution is 0.269. The molecule has 0 radical (unpaired) electrons. The molecule has 5 nitrogen and oxygen atoms in total. The Morgan fingerprint density at radius 3 is 2.32 bits per heavy atom. The summed E-state index contributed by atoms with van der Waals surface area (Å²) in [4.78, 5) is 5.89. The van der Waals surface area contributed by atoms with Crippen LogP contribution in [0.5, 0.6) is 11.5 Å². The quantitative estimate of drug-likeness (QED) is 0.143. The summed E-state index contributed by atoms with van der Waals surface area (Å²) in [5.74, 6) is 1.37. The van der Waals surface area contributed by atoms with Gasteiger partial charge in [-0.05, 0) is 53.9 Å². The summed E-state index contributed by atoms with van der Waals surface area (Å²) in [7, 11) is 0. The molecule has 190 valence electrons. The highest BCUT2D eigenvalue weighted by Crippen LogP contribution is 2.39. The Kier molecular flexibility index (Phi) is 8.33. The smallest absolute Gasteiger partial charge is 0.204 e. The summed E-state index contributed by atoms with van der Waals surface area (Å²) in [6, 6.07) is 33.7. The number of thiazole rings is 1. The van der Waals surface area contributed by atoms with Crippen LogP contribution in [0, 0.1) is 0 Å². The molecule has 5 aromatic rings. The monoisotopic (exact) mass is 539 g/mol. The molecule has 0 amide bonds. The van der Waals surface area contributed by atoms with Gasteiger partial charge in [-0.15, -0.1) is 0 Å². The number of nitrogens with zero attached hydrogens (tertiary/aromatic N) is 2. The van der Waals surface area contributed by atoms with Gasteiger partial charge in [-0.1, -0.05) is 95.7 Å². The minimum Gasteiger partial charge on any atom is -0.490 e. The standard InChI is InChI=1S/C31H26ClN3O2S/c1-2-36-28-19-23(13-18-27(28)37-21-22-9-5-3-6-10-22)20-33-35-31-34-29(24-11-7-4-8-12-24)30(38-31)25-14-16-26(32)17-15-25/h3-20H,2,21H2,1H3,(H,34,35)/b33-20+. The first kappa shape index (κ1) is 25.5. The zero-order chi connectivity index (χ0) is 26.2. The maximum atomic E-state index is 6.11. The Hall–Kier alpha value is -4.13. The van der Waals surface area contributed by atoms with Crippen molar-refractivity contribution in [1.82, 2.24) is 4.98 Å². The fourth-order valence-corrected chi connectivity index (χ4v) is 4.92. The van der Waals surface area contributed by atoms with Crippen molar-refractivity contribution in [2.45, 2.75) is 13.5 Å². The molecular weight excluding hydrogens is 514 g/mol. The van der Waals surface area contributed by atoms with E-state index >= 15 is 0 Å². The van der Waals surface area contributed by atoms with Crippen molar-refractivity contribution < 1.29 is 9.47 Å². The zero-order valence-corrected chi connectivity index (χ0v) is 22.4. The second kappa shape index (κ2) is 12.4. The van der Waals surface area contributed by atoms with Crippen LogP contribution in [-0.4, -0.2) is 17.8 Å². The lowest BCUT2D eigenvalue weighted by Crippen LogP contribution is -2.00. The number of rotatable bonds is 10. The van der Waals surface area contributed by atoms with Gasteiger partial charge in [0.05, 0.1) is 23.4 Å². The first-order chi connectivity index (χ1) is 18.7. The predicted molar refractivity (Wildman–Crippen MR) is 158 cm³/mol. The molecule has 1 heterocycles. The first-order valence-electron chi connectivity index (χ1n) is 12.2. The number of aromatic nitrogens is 1. The van der Waals surface area contributed by atoms with Gasteiger partial charge in [-0.2, -0.15) is 5.10 Å². The third-order valence-corrected chi connectivity index (χ3v) is 6.92. The van der Waals surface area contributed by atoms with Crippen molar-refractivity contribution >= 4 is 34.3 Å². The molecule has 7 heteroatoms. The molecule has 1 N–H and O–H groups in total. The van der Waals surface area contributed by atoms with E-state index in [0.717, 1.165) is 32.8 Å². The Morgan fingerprint density at radius 1 is 0.842 bits per heavy atom. The van der Waals surface area contributed by atoms with Crippen LogP contribution in [0.15, 0.2) is 108 Å². The lowest BCUT2D eigenvalue weighted by atomic mass is 10.1. The Morgan fingerprint density at radius 2 is 1.58 bits per heavy atom. The largest absolute Gasteiger partial charge is 0.490 e. The summed E-state index contributed by atoms with van der Waals surface area (Å²) >= 11 is 7.66. The summed E-state index contributed by atoms with van der Waals surface area (Å²) in [5, 5.41) is 5.84. The number of anilines is 1. The van der Waals surface area contributed by atoms with Crippen LogP contribution in [-0.2, 0) is 6.61 Å². The number of hydrogen-bond donors (Lipinski definition) is 1. The van der Waals surface area contributed by atoms with Crippen molar-refractivity contribution in [1.29, 1.82) is 0 Å². The number of benzene rings is 4. The van der Waals surface area contributed by atoms with Gasteiger partial charge in [0, 0.05) is 10.6 Å². The molecule has 0 spiro atoms. The number of nitrogens with one attached hydrogen (secondary N) is 1. The summed E-state index contributed by atoms with van der Waals surface area (Å²) in [6.45, 7) is 2.96. The molecule has 0 fully saturated rings. The number of hydrazone groups is 1. The average molecular weight is 540 g/mol. The maximum Gasteiger partial charge on any atom is 0.204 e. The van der Waals surface area contributed by atoms with E-state index < -0.39 is 0 Å². The van der Waals surface area contributed by atoms with E-state index in [9.17, 15) is 0 Å². The summed E-state index contributed by atoms with van der Waals surface area (Å²) in [5.41, 5.74) is 8.06. The van der Waals surface area contributed by atoms with E-state index in [1.165, 1.54) is 0 Å². The fraction of sp³-hybridized carbons (Fsp3) is 0.0968.